The first-order chi connectivity index (χ1) is 6.20. The largest absolute Gasteiger partial charge is 0.312 e. The van der Waals surface area contributed by atoms with Gasteiger partial charge in [0, 0.05) is 12.1 Å². The number of nitrogens with one attached hydrogen (secondary N) is 1. The van der Waals surface area contributed by atoms with E-state index in [-0.39, 0.29) is 0 Å². The summed E-state index contributed by atoms with van der Waals surface area (Å²) in [6, 6.07) is 1.40. The third kappa shape index (κ3) is 8.29. The molecule has 13 heavy (non-hydrogen) atoms. The molecule has 0 saturated carbocycles. The number of hydrogen-bond acceptors (Lipinski definition) is 1. The lowest BCUT2D eigenvalue weighted by molar-refractivity contribution is 0.412. The molecule has 1 N–H and O–H groups in total. The van der Waals surface area contributed by atoms with Gasteiger partial charge in [0.25, 0.3) is 0 Å². The van der Waals surface area contributed by atoms with Crippen molar-refractivity contribution < 1.29 is 0 Å². The lowest BCUT2D eigenvalue weighted by Crippen LogP contribution is -2.34. The van der Waals surface area contributed by atoms with E-state index in [1.165, 1.54) is 38.5 Å². The standard InChI is InChI=1S/C12H27N/c1-5-7-9-11(3)13-12(4)10-8-6-2/h11-13H,5-10H2,1-4H3. The minimum absolute atomic E-state index is 0.701. The molecule has 0 radical (unpaired) electrons. The predicted molar refractivity (Wildman–Crippen MR) is 61.1 cm³/mol. The quantitative estimate of drug-likeness (QED) is 0.607. The Morgan fingerprint density at radius 1 is 0.846 bits per heavy atom. The maximum absolute atomic E-state index is 3.65. The maximum atomic E-state index is 3.65. The highest BCUT2D eigenvalue weighted by Crippen LogP contribution is 2.04. The predicted octanol–water partition coefficient (Wildman–Crippen LogP) is 3.73. The van der Waals surface area contributed by atoms with Crippen LogP contribution in [0.4, 0.5) is 0 Å². The van der Waals surface area contributed by atoms with Crippen molar-refractivity contribution in [2.75, 3.05) is 0 Å². The SMILES string of the molecule is CCCCC(C)NC(C)CCCC. The summed E-state index contributed by atoms with van der Waals surface area (Å²) in [7, 11) is 0. The number of rotatable bonds is 8. The minimum atomic E-state index is 0.701. The van der Waals surface area contributed by atoms with E-state index in [4.69, 9.17) is 0 Å². The third-order valence-electron chi connectivity index (χ3n) is 2.55. The van der Waals surface area contributed by atoms with Crippen molar-refractivity contribution in [1.82, 2.24) is 5.32 Å². The Hall–Kier alpha value is -0.0400. The van der Waals surface area contributed by atoms with Gasteiger partial charge in [0.2, 0.25) is 0 Å². The molecule has 0 fully saturated rings. The zero-order valence-corrected chi connectivity index (χ0v) is 9.90. The van der Waals surface area contributed by atoms with Gasteiger partial charge in [-0.15, -0.1) is 0 Å². The first kappa shape index (κ1) is 13.0. The van der Waals surface area contributed by atoms with Crippen molar-refractivity contribution in [3.05, 3.63) is 0 Å². The van der Waals surface area contributed by atoms with Crippen molar-refractivity contribution in [1.29, 1.82) is 0 Å². The summed E-state index contributed by atoms with van der Waals surface area (Å²) >= 11 is 0. The van der Waals surface area contributed by atoms with Gasteiger partial charge in [-0.1, -0.05) is 39.5 Å². The first-order valence-electron chi connectivity index (χ1n) is 5.96. The molecule has 0 aromatic heterocycles. The summed E-state index contributed by atoms with van der Waals surface area (Å²) in [5.74, 6) is 0. The Bertz CT molecular complexity index is 89.3. The van der Waals surface area contributed by atoms with Crippen molar-refractivity contribution in [2.45, 2.75) is 78.3 Å². The molecule has 0 aromatic carbocycles. The molecule has 80 valence electrons. The van der Waals surface area contributed by atoms with E-state index in [2.05, 4.69) is 33.0 Å². The van der Waals surface area contributed by atoms with Crippen molar-refractivity contribution >= 4 is 0 Å². The summed E-state index contributed by atoms with van der Waals surface area (Å²) in [5, 5.41) is 3.65. The van der Waals surface area contributed by atoms with Gasteiger partial charge in [-0.05, 0) is 26.7 Å². The van der Waals surface area contributed by atoms with E-state index in [0.717, 1.165) is 0 Å². The summed E-state index contributed by atoms with van der Waals surface area (Å²) in [4.78, 5) is 0. The molecule has 0 heterocycles. The lowest BCUT2D eigenvalue weighted by atomic mass is 10.1. The van der Waals surface area contributed by atoms with Gasteiger partial charge in [0.15, 0.2) is 0 Å². The first-order valence-corrected chi connectivity index (χ1v) is 5.96. The van der Waals surface area contributed by atoms with Crippen LogP contribution in [0, 0.1) is 0 Å². The molecule has 1 heteroatoms. The summed E-state index contributed by atoms with van der Waals surface area (Å²) < 4.78 is 0. The Balaban J connectivity index is 3.35. The van der Waals surface area contributed by atoms with Crippen LogP contribution in [0.1, 0.15) is 66.2 Å². The van der Waals surface area contributed by atoms with E-state index in [1.54, 1.807) is 0 Å². The number of hydrogen-bond donors (Lipinski definition) is 1. The second-order valence-electron chi connectivity index (χ2n) is 4.25. The Morgan fingerprint density at radius 3 is 1.54 bits per heavy atom. The molecule has 0 aliphatic carbocycles. The van der Waals surface area contributed by atoms with E-state index >= 15 is 0 Å². The highest BCUT2D eigenvalue weighted by molar-refractivity contribution is 4.67. The van der Waals surface area contributed by atoms with Crippen LogP contribution < -0.4 is 5.32 Å². The molecule has 0 aliphatic heterocycles. The van der Waals surface area contributed by atoms with Gasteiger partial charge in [-0.3, -0.25) is 0 Å². The maximum Gasteiger partial charge on any atom is 0.00412 e. The van der Waals surface area contributed by atoms with Crippen molar-refractivity contribution in [3.63, 3.8) is 0 Å². The minimum Gasteiger partial charge on any atom is -0.312 e. The smallest absolute Gasteiger partial charge is 0.00412 e. The molecule has 0 spiro atoms. The molecule has 0 aromatic rings. The van der Waals surface area contributed by atoms with Crippen LogP contribution >= 0.6 is 0 Å². The van der Waals surface area contributed by atoms with E-state index in [0.29, 0.717) is 12.1 Å². The third-order valence-corrected chi connectivity index (χ3v) is 2.55. The van der Waals surface area contributed by atoms with Crippen molar-refractivity contribution in [3.8, 4) is 0 Å². The summed E-state index contributed by atoms with van der Waals surface area (Å²) in [5.41, 5.74) is 0. The van der Waals surface area contributed by atoms with Crippen LogP contribution in [0.2, 0.25) is 0 Å². The van der Waals surface area contributed by atoms with Gasteiger partial charge in [0.1, 0.15) is 0 Å². The van der Waals surface area contributed by atoms with Crippen LogP contribution in [0.5, 0.6) is 0 Å². The summed E-state index contributed by atoms with van der Waals surface area (Å²) in [6.07, 6.45) is 7.99. The normalized spacial score (nSPS) is 15.7. The fourth-order valence-corrected chi connectivity index (χ4v) is 1.67. The van der Waals surface area contributed by atoms with Gasteiger partial charge in [0.05, 0.1) is 0 Å². The van der Waals surface area contributed by atoms with E-state index in [1.807, 2.05) is 0 Å². The average molecular weight is 185 g/mol. The van der Waals surface area contributed by atoms with Gasteiger partial charge in [-0.2, -0.15) is 0 Å². The Morgan fingerprint density at radius 2 is 1.23 bits per heavy atom. The lowest BCUT2D eigenvalue weighted by Gasteiger charge is -2.19. The zero-order valence-electron chi connectivity index (χ0n) is 9.90. The van der Waals surface area contributed by atoms with Crippen LogP contribution in [0.25, 0.3) is 0 Å². The Kier molecular flexibility index (Phi) is 8.53. The molecule has 0 bridgehead atoms. The summed E-state index contributed by atoms with van der Waals surface area (Å²) in [6.45, 7) is 9.12. The van der Waals surface area contributed by atoms with Crippen LogP contribution in [-0.2, 0) is 0 Å². The second kappa shape index (κ2) is 8.55. The molecule has 0 saturated heterocycles. The van der Waals surface area contributed by atoms with Gasteiger partial charge >= 0.3 is 0 Å². The second-order valence-corrected chi connectivity index (χ2v) is 4.25. The Labute approximate surface area is 84.3 Å². The molecular formula is C12H27N. The fourth-order valence-electron chi connectivity index (χ4n) is 1.67. The molecule has 1 nitrogen and oxygen atoms in total. The molecule has 0 rings (SSSR count). The van der Waals surface area contributed by atoms with Crippen LogP contribution in [-0.4, -0.2) is 12.1 Å². The molecule has 2 unspecified atom stereocenters. The van der Waals surface area contributed by atoms with Crippen LogP contribution in [0.3, 0.4) is 0 Å². The fraction of sp³-hybridized carbons (Fsp3) is 1.00. The van der Waals surface area contributed by atoms with E-state index in [9.17, 15) is 0 Å². The highest BCUT2D eigenvalue weighted by atomic mass is 14.9. The van der Waals surface area contributed by atoms with Gasteiger partial charge in [-0.25, -0.2) is 0 Å². The highest BCUT2D eigenvalue weighted by Gasteiger charge is 2.05. The monoisotopic (exact) mass is 185 g/mol. The molecular weight excluding hydrogens is 158 g/mol. The topological polar surface area (TPSA) is 12.0 Å². The van der Waals surface area contributed by atoms with E-state index < -0.39 is 0 Å². The molecule has 0 amide bonds. The van der Waals surface area contributed by atoms with Gasteiger partial charge < -0.3 is 5.32 Å². The zero-order chi connectivity index (χ0) is 10.1. The average Bonchev–Trinajstić information content (AvgIpc) is 2.11. The van der Waals surface area contributed by atoms with Crippen molar-refractivity contribution in [2.24, 2.45) is 0 Å². The molecule has 2 atom stereocenters. The van der Waals surface area contributed by atoms with Crippen LogP contribution in [0.15, 0.2) is 0 Å². The molecule has 0 aliphatic rings. The number of unbranched alkanes of at least 4 members (excludes halogenated alkanes) is 2.